The number of aromatic nitrogens is 1. The highest BCUT2D eigenvalue weighted by atomic mass is 32.2. The second kappa shape index (κ2) is 5.17. The number of hydrogen-bond donors (Lipinski definition) is 2. The van der Waals surface area contributed by atoms with Crippen molar-refractivity contribution in [1.82, 2.24) is 4.98 Å². The molecule has 0 unspecified atom stereocenters. The first-order valence-corrected chi connectivity index (χ1v) is 8.21. The standard InChI is InChI=1S/C16H17N3S/c1-2-6-12(5-1)18-13-7-3-4-11-10-14(19-15(11)13)16-17-8-9-20-16/h3-4,7,10,12,18-19H,1-2,5-6,9H2. The zero-order chi connectivity index (χ0) is 13.4. The third kappa shape index (κ3) is 2.22. The van der Waals surface area contributed by atoms with Crippen LogP contribution in [0.15, 0.2) is 29.3 Å². The van der Waals surface area contributed by atoms with Crippen molar-refractivity contribution in [2.45, 2.75) is 31.7 Å². The van der Waals surface area contributed by atoms with Crippen molar-refractivity contribution in [2.75, 3.05) is 11.1 Å². The largest absolute Gasteiger partial charge is 0.381 e. The molecule has 0 atom stereocenters. The quantitative estimate of drug-likeness (QED) is 0.892. The summed E-state index contributed by atoms with van der Waals surface area (Å²) < 4.78 is 0. The van der Waals surface area contributed by atoms with Crippen molar-refractivity contribution in [2.24, 2.45) is 4.99 Å². The van der Waals surface area contributed by atoms with Crippen LogP contribution in [0, 0.1) is 6.54 Å². The van der Waals surface area contributed by atoms with Gasteiger partial charge in [-0.3, -0.25) is 4.99 Å². The molecule has 2 aromatic rings. The fourth-order valence-corrected chi connectivity index (χ4v) is 3.72. The molecule has 102 valence electrons. The number of hydrogen-bond acceptors (Lipinski definition) is 3. The van der Waals surface area contributed by atoms with Crippen molar-refractivity contribution >= 4 is 33.4 Å². The molecule has 1 aliphatic heterocycles. The first-order chi connectivity index (χ1) is 9.90. The minimum absolute atomic E-state index is 0.632. The van der Waals surface area contributed by atoms with E-state index in [0.29, 0.717) is 6.04 Å². The van der Waals surface area contributed by atoms with Crippen LogP contribution in [0.3, 0.4) is 0 Å². The number of H-pyrrole nitrogens is 1. The number of rotatable bonds is 3. The van der Waals surface area contributed by atoms with Gasteiger partial charge in [-0.2, -0.15) is 0 Å². The Morgan fingerprint density at radius 1 is 1.30 bits per heavy atom. The Balaban J connectivity index is 1.69. The van der Waals surface area contributed by atoms with E-state index in [1.54, 1.807) is 11.8 Å². The predicted octanol–water partition coefficient (Wildman–Crippen LogP) is 4.05. The lowest BCUT2D eigenvalue weighted by Gasteiger charge is -2.14. The summed E-state index contributed by atoms with van der Waals surface area (Å²) in [6.07, 6.45) is 5.28. The molecule has 0 spiro atoms. The van der Waals surface area contributed by atoms with Gasteiger partial charge in [0.05, 0.1) is 16.9 Å². The SMILES string of the molecule is [C]1CSC(c2cc3cccc(NC4CCCC4)c3[nH]2)=N1. The lowest BCUT2D eigenvalue weighted by molar-refractivity contribution is 0.756. The molecule has 0 amide bonds. The van der Waals surface area contributed by atoms with E-state index < -0.39 is 0 Å². The number of nitrogens with zero attached hydrogens (tertiary/aromatic N) is 1. The molecule has 1 aliphatic carbocycles. The van der Waals surface area contributed by atoms with Gasteiger partial charge in [0.25, 0.3) is 0 Å². The Kier molecular flexibility index (Phi) is 3.19. The summed E-state index contributed by atoms with van der Waals surface area (Å²) in [5.74, 6) is 0.859. The number of nitrogens with one attached hydrogen (secondary N) is 2. The van der Waals surface area contributed by atoms with Gasteiger partial charge in [0.15, 0.2) is 0 Å². The minimum Gasteiger partial charge on any atom is -0.381 e. The van der Waals surface area contributed by atoms with Gasteiger partial charge in [0.1, 0.15) is 11.6 Å². The van der Waals surface area contributed by atoms with E-state index in [2.05, 4.69) is 46.1 Å². The first-order valence-electron chi connectivity index (χ1n) is 7.22. The number of anilines is 1. The summed E-state index contributed by atoms with van der Waals surface area (Å²) >= 11 is 1.74. The third-order valence-electron chi connectivity index (χ3n) is 4.06. The van der Waals surface area contributed by atoms with Crippen LogP contribution < -0.4 is 5.32 Å². The maximum atomic E-state index is 4.31. The summed E-state index contributed by atoms with van der Waals surface area (Å²) in [4.78, 5) is 7.84. The number of aromatic amines is 1. The van der Waals surface area contributed by atoms with Crippen molar-refractivity contribution in [1.29, 1.82) is 0 Å². The van der Waals surface area contributed by atoms with Crippen LogP contribution in [0.4, 0.5) is 5.69 Å². The van der Waals surface area contributed by atoms with E-state index >= 15 is 0 Å². The number of aliphatic imine (C=N–C) groups is 1. The van der Waals surface area contributed by atoms with Gasteiger partial charge in [-0.15, -0.1) is 11.8 Å². The number of thioether (sulfide) groups is 1. The van der Waals surface area contributed by atoms with Crippen molar-refractivity contribution in [3.63, 3.8) is 0 Å². The summed E-state index contributed by atoms with van der Waals surface area (Å²) in [7, 11) is 0. The van der Waals surface area contributed by atoms with Gasteiger partial charge in [-0.25, -0.2) is 0 Å². The molecule has 1 aromatic carbocycles. The van der Waals surface area contributed by atoms with Gasteiger partial charge < -0.3 is 10.3 Å². The fraction of sp³-hybridized carbons (Fsp3) is 0.375. The molecule has 2 aliphatic rings. The van der Waals surface area contributed by atoms with E-state index in [1.165, 1.54) is 42.3 Å². The van der Waals surface area contributed by atoms with Crippen molar-refractivity contribution in [3.8, 4) is 0 Å². The molecule has 4 heteroatoms. The van der Waals surface area contributed by atoms with Crippen LogP contribution in [0.2, 0.25) is 0 Å². The number of benzene rings is 1. The van der Waals surface area contributed by atoms with Crippen LogP contribution in [-0.4, -0.2) is 21.8 Å². The Morgan fingerprint density at radius 3 is 3.00 bits per heavy atom. The molecular weight excluding hydrogens is 266 g/mol. The van der Waals surface area contributed by atoms with E-state index in [9.17, 15) is 0 Å². The normalized spacial score (nSPS) is 19.7. The molecule has 2 radical (unpaired) electrons. The molecule has 0 bridgehead atoms. The van der Waals surface area contributed by atoms with Crippen molar-refractivity contribution in [3.05, 3.63) is 36.5 Å². The Morgan fingerprint density at radius 2 is 2.20 bits per heavy atom. The second-order valence-corrected chi connectivity index (χ2v) is 6.41. The lowest BCUT2D eigenvalue weighted by atomic mass is 10.2. The highest BCUT2D eigenvalue weighted by Gasteiger charge is 2.17. The van der Waals surface area contributed by atoms with Gasteiger partial charge in [-0.1, -0.05) is 25.0 Å². The Hall–Kier alpha value is -1.42. The summed E-state index contributed by atoms with van der Waals surface area (Å²) in [6, 6.07) is 9.27. The zero-order valence-corrected chi connectivity index (χ0v) is 12.1. The lowest BCUT2D eigenvalue weighted by Crippen LogP contribution is -2.14. The molecule has 1 aromatic heterocycles. The minimum atomic E-state index is 0.632. The van der Waals surface area contributed by atoms with Crippen LogP contribution in [-0.2, 0) is 0 Å². The maximum absolute atomic E-state index is 4.31. The molecule has 3 nitrogen and oxygen atoms in total. The molecule has 2 N–H and O–H groups in total. The van der Waals surface area contributed by atoms with E-state index in [1.807, 2.05) is 0 Å². The molecule has 1 saturated carbocycles. The van der Waals surface area contributed by atoms with Gasteiger partial charge in [0.2, 0.25) is 0 Å². The fourth-order valence-electron chi connectivity index (χ4n) is 3.06. The predicted molar refractivity (Wildman–Crippen MR) is 86.4 cm³/mol. The van der Waals surface area contributed by atoms with Crippen LogP contribution in [0.1, 0.15) is 31.4 Å². The second-order valence-electron chi connectivity index (χ2n) is 5.44. The van der Waals surface area contributed by atoms with Gasteiger partial charge >= 0.3 is 0 Å². The number of para-hydroxylation sites is 1. The Labute approximate surface area is 123 Å². The van der Waals surface area contributed by atoms with Crippen molar-refractivity contribution < 1.29 is 0 Å². The van der Waals surface area contributed by atoms with E-state index in [0.717, 1.165) is 16.5 Å². The molecular formula is C16H17N3S. The van der Waals surface area contributed by atoms with Gasteiger partial charge in [-0.05, 0) is 25.0 Å². The summed E-state index contributed by atoms with van der Waals surface area (Å²) in [5.41, 5.74) is 3.53. The van der Waals surface area contributed by atoms with Crippen LogP contribution in [0.25, 0.3) is 10.9 Å². The topological polar surface area (TPSA) is 40.2 Å². The highest BCUT2D eigenvalue weighted by Crippen LogP contribution is 2.30. The third-order valence-corrected chi connectivity index (χ3v) is 4.91. The maximum Gasteiger partial charge on any atom is 0.128 e. The van der Waals surface area contributed by atoms with Crippen LogP contribution >= 0.6 is 11.8 Å². The number of fused-ring (bicyclic) bond motifs is 1. The molecule has 20 heavy (non-hydrogen) atoms. The average molecular weight is 283 g/mol. The first kappa shape index (κ1) is 12.3. The smallest absolute Gasteiger partial charge is 0.128 e. The molecule has 1 fully saturated rings. The monoisotopic (exact) mass is 283 g/mol. The van der Waals surface area contributed by atoms with E-state index in [-0.39, 0.29) is 0 Å². The molecule has 4 rings (SSSR count). The molecule has 0 saturated heterocycles. The Bertz CT molecular complexity index is 653. The van der Waals surface area contributed by atoms with Crippen LogP contribution in [0.5, 0.6) is 0 Å². The van der Waals surface area contributed by atoms with Gasteiger partial charge in [0, 0.05) is 17.2 Å². The average Bonchev–Trinajstić information content (AvgIpc) is 3.20. The van der Waals surface area contributed by atoms with E-state index in [4.69, 9.17) is 0 Å². The summed E-state index contributed by atoms with van der Waals surface area (Å²) in [5, 5.41) is 5.99. The zero-order valence-electron chi connectivity index (χ0n) is 11.3. The summed E-state index contributed by atoms with van der Waals surface area (Å²) in [6.45, 7) is 3.00. The molecule has 2 heterocycles. The highest BCUT2D eigenvalue weighted by molar-refractivity contribution is 8.14.